The number of hydrogen-bond donors (Lipinski definition) is 0. The molecule has 0 radical (unpaired) electrons. The number of carbonyl (C=O) groups excluding carboxylic acids is 1. The van der Waals surface area contributed by atoms with Crippen LogP contribution in [0.4, 0.5) is 35.1 Å². The van der Waals surface area contributed by atoms with Crippen molar-refractivity contribution < 1.29 is 49.4 Å². The van der Waals surface area contributed by atoms with Gasteiger partial charge in [0.05, 0.1) is 31.6 Å². The van der Waals surface area contributed by atoms with Crippen molar-refractivity contribution in [3.63, 3.8) is 0 Å². The van der Waals surface area contributed by atoms with Crippen molar-refractivity contribution in [3.8, 4) is 17.0 Å². The number of alkyl halides is 8. The molecule has 1 aromatic heterocycles. The van der Waals surface area contributed by atoms with E-state index in [4.69, 9.17) is 4.74 Å². The number of hydrogen-bond acceptors (Lipinski definition) is 3. The summed E-state index contributed by atoms with van der Waals surface area (Å²) in [6.45, 7) is 7.06. The largest absolute Gasteiger partial charge is 0.493 e. The van der Waals surface area contributed by atoms with Gasteiger partial charge < -0.3 is 14.0 Å². The van der Waals surface area contributed by atoms with Gasteiger partial charge in [-0.25, -0.2) is 4.79 Å². The fourth-order valence-electron chi connectivity index (χ4n) is 5.22. The Hall–Kier alpha value is -3.57. The lowest BCUT2D eigenvalue weighted by Gasteiger charge is -2.36. The zero-order valence-electron chi connectivity index (χ0n) is 26.1. The maximum atomic E-state index is 14.4. The highest BCUT2D eigenvalue weighted by Gasteiger charge is 2.79. The number of unbranched alkanes of at least 4 members (excludes halogenated alkanes) is 2. The SMILES string of the molecule is C=CC(=O)OCCC(F)(F)C(F)(F)C(F)(F)C(F)(F)CCOc1ccc2cc(-c3ccc(CCCCC)cc3CC)n(CC)c2c1. The molecule has 4 nitrogen and oxygen atoms in total. The second-order valence-corrected chi connectivity index (χ2v) is 11.1. The summed E-state index contributed by atoms with van der Waals surface area (Å²) in [6.07, 6.45) is 1.61. The van der Waals surface area contributed by atoms with Gasteiger partial charge in [0.15, 0.2) is 0 Å². The summed E-state index contributed by atoms with van der Waals surface area (Å²) >= 11 is 0. The van der Waals surface area contributed by atoms with Gasteiger partial charge in [-0.05, 0) is 55.5 Å². The minimum absolute atomic E-state index is 0.00841. The molecule has 0 fully saturated rings. The van der Waals surface area contributed by atoms with Gasteiger partial charge >= 0.3 is 29.7 Å². The van der Waals surface area contributed by atoms with Crippen LogP contribution in [-0.2, 0) is 28.9 Å². The van der Waals surface area contributed by atoms with E-state index in [1.54, 1.807) is 6.07 Å². The number of nitrogens with zero attached hydrogens (tertiary/aromatic N) is 1. The third-order valence-electron chi connectivity index (χ3n) is 7.91. The molecule has 12 heteroatoms. The van der Waals surface area contributed by atoms with Crippen LogP contribution in [-0.4, -0.2) is 47.4 Å². The zero-order valence-corrected chi connectivity index (χ0v) is 26.1. The Balaban J connectivity index is 1.77. The molecule has 3 aromatic rings. The molecule has 0 saturated heterocycles. The average Bonchev–Trinajstić information content (AvgIpc) is 3.38. The quantitative estimate of drug-likeness (QED) is 0.0590. The van der Waals surface area contributed by atoms with E-state index in [9.17, 15) is 39.9 Å². The van der Waals surface area contributed by atoms with Gasteiger partial charge in [0, 0.05) is 35.3 Å². The number of esters is 1. The Morgan fingerprint density at radius 3 is 2.09 bits per heavy atom. The first-order valence-corrected chi connectivity index (χ1v) is 15.3. The molecule has 0 amide bonds. The lowest BCUT2D eigenvalue weighted by atomic mass is 9.95. The number of benzene rings is 2. The average molecular weight is 662 g/mol. The Morgan fingerprint density at radius 2 is 1.50 bits per heavy atom. The van der Waals surface area contributed by atoms with Gasteiger partial charge in [0.25, 0.3) is 0 Å². The standard InChI is InChI=1S/C34H39F8NO3/c1-5-9-10-11-23-12-15-27(24(6-2)20-23)29-21-25-13-14-26(22-28(25)43(29)8-4)45-18-16-31(35,36)33(39,40)34(41,42)32(37,38)17-19-46-30(44)7-3/h7,12-15,20-22H,3,5-6,8-11,16-19H2,1-2,4H3. The number of carbonyl (C=O) groups is 1. The Bertz CT molecular complexity index is 1500. The molecule has 0 bridgehead atoms. The summed E-state index contributed by atoms with van der Waals surface area (Å²) in [5.74, 6) is -25.4. The van der Waals surface area contributed by atoms with Crippen LogP contribution in [0, 0.1) is 0 Å². The molecule has 0 spiro atoms. The highest BCUT2D eigenvalue weighted by Crippen LogP contribution is 2.54. The third-order valence-corrected chi connectivity index (χ3v) is 7.91. The molecular weight excluding hydrogens is 622 g/mol. The molecule has 0 N–H and O–H groups in total. The van der Waals surface area contributed by atoms with E-state index in [1.165, 1.54) is 17.7 Å². The van der Waals surface area contributed by atoms with E-state index in [0.29, 0.717) is 18.1 Å². The first kappa shape index (κ1) is 36.9. The van der Waals surface area contributed by atoms with Gasteiger partial charge in [0.2, 0.25) is 0 Å². The molecule has 0 aliphatic rings. The van der Waals surface area contributed by atoms with E-state index < -0.39 is 55.7 Å². The first-order chi connectivity index (χ1) is 21.6. The normalized spacial score (nSPS) is 12.8. The van der Waals surface area contributed by atoms with Crippen LogP contribution in [0.25, 0.3) is 22.2 Å². The number of ether oxygens (including phenoxy) is 2. The number of fused-ring (bicyclic) bond motifs is 1. The van der Waals surface area contributed by atoms with E-state index in [1.807, 2.05) is 17.6 Å². The molecule has 254 valence electrons. The van der Waals surface area contributed by atoms with Gasteiger partial charge in [-0.2, -0.15) is 35.1 Å². The summed E-state index contributed by atoms with van der Waals surface area (Å²) in [5.41, 5.74) is 5.03. The van der Waals surface area contributed by atoms with Crippen LogP contribution < -0.4 is 4.74 Å². The van der Waals surface area contributed by atoms with Gasteiger partial charge in [-0.3, -0.25) is 0 Å². The summed E-state index contributed by atoms with van der Waals surface area (Å²) in [7, 11) is 0. The molecular formula is C34H39F8NO3. The maximum absolute atomic E-state index is 14.4. The topological polar surface area (TPSA) is 40.5 Å². The van der Waals surface area contributed by atoms with E-state index >= 15 is 0 Å². The summed E-state index contributed by atoms with van der Waals surface area (Å²) in [5, 5.41) is 0.802. The van der Waals surface area contributed by atoms with Crippen LogP contribution >= 0.6 is 0 Å². The van der Waals surface area contributed by atoms with E-state index in [2.05, 4.69) is 43.4 Å². The van der Waals surface area contributed by atoms with Crippen molar-refractivity contribution in [1.82, 2.24) is 4.57 Å². The summed E-state index contributed by atoms with van der Waals surface area (Å²) < 4.78 is 125. The number of aryl methyl sites for hydroxylation is 3. The molecule has 0 aliphatic carbocycles. The predicted octanol–water partition coefficient (Wildman–Crippen LogP) is 10.1. The highest BCUT2D eigenvalue weighted by molar-refractivity contribution is 5.88. The second kappa shape index (κ2) is 14.9. The highest BCUT2D eigenvalue weighted by atomic mass is 19.4. The van der Waals surface area contributed by atoms with Crippen LogP contribution in [0.3, 0.4) is 0 Å². The van der Waals surface area contributed by atoms with Crippen molar-refractivity contribution in [2.45, 2.75) is 96.0 Å². The lowest BCUT2D eigenvalue weighted by Crippen LogP contribution is -2.62. The zero-order chi connectivity index (χ0) is 34.3. The van der Waals surface area contributed by atoms with Crippen LogP contribution in [0.15, 0.2) is 55.1 Å². The monoisotopic (exact) mass is 661 g/mol. The van der Waals surface area contributed by atoms with Crippen LogP contribution in [0.1, 0.15) is 64.0 Å². The van der Waals surface area contributed by atoms with E-state index in [0.717, 1.165) is 54.3 Å². The number of rotatable bonds is 18. The fraction of sp³-hybridized carbons (Fsp3) is 0.500. The minimum atomic E-state index is -6.47. The maximum Gasteiger partial charge on any atom is 0.378 e. The molecule has 1 heterocycles. The molecule has 0 aliphatic heterocycles. The molecule has 3 rings (SSSR count). The predicted molar refractivity (Wildman–Crippen MR) is 161 cm³/mol. The van der Waals surface area contributed by atoms with Gasteiger partial charge in [-0.1, -0.05) is 51.5 Å². The van der Waals surface area contributed by atoms with Crippen molar-refractivity contribution >= 4 is 16.9 Å². The fourth-order valence-corrected chi connectivity index (χ4v) is 5.22. The first-order valence-electron chi connectivity index (χ1n) is 15.3. The van der Waals surface area contributed by atoms with E-state index in [-0.39, 0.29) is 5.75 Å². The number of halogens is 8. The van der Waals surface area contributed by atoms with Crippen LogP contribution in [0.2, 0.25) is 0 Å². The molecule has 46 heavy (non-hydrogen) atoms. The Morgan fingerprint density at radius 1 is 0.848 bits per heavy atom. The molecule has 0 unspecified atom stereocenters. The second-order valence-electron chi connectivity index (χ2n) is 11.1. The molecule has 2 aromatic carbocycles. The smallest absolute Gasteiger partial charge is 0.378 e. The molecule has 0 saturated carbocycles. The Labute approximate surface area is 263 Å². The van der Waals surface area contributed by atoms with Crippen molar-refractivity contribution in [1.29, 1.82) is 0 Å². The van der Waals surface area contributed by atoms with Gasteiger partial charge in [-0.15, -0.1) is 0 Å². The van der Waals surface area contributed by atoms with Crippen LogP contribution in [0.5, 0.6) is 5.75 Å². The third kappa shape index (κ3) is 7.69. The summed E-state index contributed by atoms with van der Waals surface area (Å²) in [4.78, 5) is 10.9. The Kier molecular flexibility index (Phi) is 11.9. The van der Waals surface area contributed by atoms with Crippen molar-refractivity contribution in [3.05, 3.63) is 66.2 Å². The lowest BCUT2D eigenvalue weighted by molar-refractivity contribution is -0.368. The summed E-state index contributed by atoms with van der Waals surface area (Å²) in [6, 6.07) is 13.0. The molecule has 0 atom stereocenters. The van der Waals surface area contributed by atoms with Crippen molar-refractivity contribution in [2.24, 2.45) is 0 Å². The number of aromatic nitrogens is 1. The minimum Gasteiger partial charge on any atom is -0.493 e. The van der Waals surface area contributed by atoms with Crippen molar-refractivity contribution in [2.75, 3.05) is 13.2 Å². The van der Waals surface area contributed by atoms with Gasteiger partial charge in [0.1, 0.15) is 5.75 Å².